The molecule has 0 aliphatic rings. The summed E-state index contributed by atoms with van der Waals surface area (Å²) in [5.41, 5.74) is 1.06. The standard InChI is InChI=1S/C16H24N2O3/c1-16(2,3)11-17-15(21)18(4)10-9-12-7-5-6-8-13(12)14(19)20/h5-8H,9-11H2,1-4H3,(H,17,21)(H,19,20). The van der Waals surface area contributed by atoms with E-state index in [-0.39, 0.29) is 11.4 Å². The number of amides is 2. The number of nitrogens with zero attached hydrogens (tertiary/aromatic N) is 1. The lowest BCUT2D eigenvalue weighted by atomic mass is 9.97. The second-order valence-electron chi connectivity index (χ2n) is 6.35. The predicted octanol–water partition coefficient (Wildman–Crippen LogP) is 2.61. The molecule has 0 radical (unpaired) electrons. The Morgan fingerprint density at radius 1 is 1.24 bits per heavy atom. The highest BCUT2D eigenvalue weighted by Crippen LogP contribution is 2.11. The smallest absolute Gasteiger partial charge is 0.335 e. The number of aromatic carboxylic acids is 1. The van der Waals surface area contributed by atoms with Gasteiger partial charge in [-0.25, -0.2) is 9.59 Å². The minimum atomic E-state index is -0.939. The van der Waals surface area contributed by atoms with Crippen molar-refractivity contribution in [3.8, 4) is 0 Å². The largest absolute Gasteiger partial charge is 0.478 e. The number of urea groups is 1. The van der Waals surface area contributed by atoms with E-state index in [1.165, 1.54) is 0 Å². The van der Waals surface area contributed by atoms with Gasteiger partial charge in [0.1, 0.15) is 0 Å². The summed E-state index contributed by atoms with van der Waals surface area (Å²) in [6.45, 7) is 7.23. The molecule has 1 aromatic carbocycles. The SMILES string of the molecule is CN(CCc1ccccc1C(=O)O)C(=O)NCC(C)(C)C. The summed E-state index contributed by atoms with van der Waals surface area (Å²) >= 11 is 0. The van der Waals surface area contributed by atoms with Gasteiger partial charge in [-0.1, -0.05) is 39.0 Å². The maximum Gasteiger partial charge on any atom is 0.335 e. The minimum Gasteiger partial charge on any atom is -0.478 e. The lowest BCUT2D eigenvalue weighted by Crippen LogP contribution is -2.41. The number of carbonyl (C=O) groups excluding carboxylic acids is 1. The van der Waals surface area contributed by atoms with E-state index in [1.54, 1.807) is 36.2 Å². The maximum absolute atomic E-state index is 11.9. The van der Waals surface area contributed by atoms with Crippen LogP contribution in [0.15, 0.2) is 24.3 Å². The number of hydrogen-bond donors (Lipinski definition) is 2. The van der Waals surface area contributed by atoms with Crippen molar-refractivity contribution in [2.75, 3.05) is 20.1 Å². The monoisotopic (exact) mass is 292 g/mol. The second kappa shape index (κ2) is 7.11. The molecule has 21 heavy (non-hydrogen) atoms. The van der Waals surface area contributed by atoms with Gasteiger partial charge in [0.25, 0.3) is 0 Å². The molecule has 0 spiro atoms. The Hall–Kier alpha value is -2.04. The van der Waals surface area contributed by atoms with Crippen molar-refractivity contribution >= 4 is 12.0 Å². The van der Waals surface area contributed by atoms with Crippen LogP contribution in [0.5, 0.6) is 0 Å². The molecule has 0 atom stereocenters. The van der Waals surface area contributed by atoms with Gasteiger partial charge in [0, 0.05) is 20.1 Å². The van der Waals surface area contributed by atoms with E-state index < -0.39 is 5.97 Å². The van der Waals surface area contributed by atoms with E-state index in [4.69, 9.17) is 5.11 Å². The summed E-state index contributed by atoms with van der Waals surface area (Å²) in [4.78, 5) is 24.6. The van der Waals surface area contributed by atoms with Crippen molar-refractivity contribution in [1.82, 2.24) is 10.2 Å². The Labute approximate surface area is 126 Å². The molecule has 0 aliphatic carbocycles. The number of carboxylic acid groups (broad SMARTS) is 1. The van der Waals surface area contributed by atoms with Crippen molar-refractivity contribution < 1.29 is 14.7 Å². The summed E-state index contributed by atoms with van der Waals surface area (Å²) in [5, 5.41) is 12.0. The van der Waals surface area contributed by atoms with Crippen LogP contribution in [0.3, 0.4) is 0 Å². The van der Waals surface area contributed by atoms with Crippen molar-refractivity contribution in [2.24, 2.45) is 5.41 Å². The quantitative estimate of drug-likeness (QED) is 0.876. The molecule has 1 rings (SSSR count). The zero-order valence-electron chi connectivity index (χ0n) is 13.1. The topological polar surface area (TPSA) is 69.6 Å². The number of hydrogen-bond acceptors (Lipinski definition) is 2. The Morgan fingerprint density at radius 3 is 2.43 bits per heavy atom. The van der Waals surface area contributed by atoms with Crippen LogP contribution in [-0.4, -0.2) is 42.1 Å². The first-order valence-corrected chi connectivity index (χ1v) is 7.01. The van der Waals surface area contributed by atoms with Gasteiger partial charge < -0.3 is 15.3 Å². The molecule has 5 nitrogen and oxygen atoms in total. The highest BCUT2D eigenvalue weighted by atomic mass is 16.4. The van der Waals surface area contributed by atoms with Crippen LogP contribution in [0, 0.1) is 5.41 Å². The minimum absolute atomic E-state index is 0.0341. The van der Waals surface area contributed by atoms with Gasteiger partial charge in [-0.2, -0.15) is 0 Å². The molecule has 2 amide bonds. The lowest BCUT2D eigenvalue weighted by Gasteiger charge is -2.23. The van der Waals surface area contributed by atoms with E-state index in [0.29, 0.717) is 25.1 Å². The number of nitrogens with one attached hydrogen (secondary N) is 1. The first-order chi connectivity index (χ1) is 9.70. The molecule has 0 bridgehead atoms. The molecule has 0 unspecified atom stereocenters. The fourth-order valence-electron chi connectivity index (χ4n) is 1.81. The number of rotatable bonds is 5. The molecule has 0 saturated heterocycles. The third kappa shape index (κ3) is 5.85. The zero-order chi connectivity index (χ0) is 16.0. The number of benzene rings is 1. The van der Waals surface area contributed by atoms with Crippen LogP contribution in [0.2, 0.25) is 0 Å². The van der Waals surface area contributed by atoms with Crippen molar-refractivity contribution in [3.05, 3.63) is 35.4 Å². The highest BCUT2D eigenvalue weighted by Gasteiger charge is 2.15. The fraction of sp³-hybridized carbons (Fsp3) is 0.500. The predicted molar refractivity (Wildman–Crippen MR) is 82.6 cm³/mol. The first kappa shape index (κ1) is 17.0. The third-order valence-electron chi connectivity index (χ3n) is 3.08. The molecule has 0 aliphatic heterocycles. The molecule has 1 aromatic rings. The normalized spacial score (nSPS) is 11.0. The van der Waals surface area contributed by atoms with Gasteiger partial charge in [0.15, 0.2) is 0 Å². The van der Waals surface area contributed by atoms with Gasteiger partial charge in [-0.3, -0.25) is 0 Å². The molecule has 0 saturated carbocycles. The van der Waals surface area contributed by atoms with Crippen LogP contribution in [-0.2, 0) is 6.42 Å². The van der Waals surface area contributed by atoms with Crippen LogP contribution in [0.1, 0.15) is 36.7 Å². The Balaban J connectivity index is 2.55. The highest BCUT2D eigenvalue weighted by molar-refractivity contribution is 5.89. The van der Waals surface area contributed by atoms with E-state index in [2.05, 4.69) is 26.1 Å². The molecule has 0 aromatic heterocycles. The van der Waals surface area contributed by atoms with Gasteiger partial charge in [-0.15, -0.1) is 0 Å². The van der Waals surface area contributed by atoms with E-state index in [1.807, 2.05) is 0 Å². The van der Waals surface area contributed by atoms with Gasteiger partial charge in [-0.05, 0) is 23.5 Å². The average Bonchev–Trinajstić information content (AvgIpc) is 2.41. The van der Waals surface area contributed by atoms with Gasteiger partial charge in [0.05, 0.1) is 5.56 Å². The Kier molecular flexibility index (Phi) is 5.76. The summed E-state index contributed by atoms with van der Waals surface area (Å²) in [6, 6.07) is 6.73. The first-order valence-electron chi connectivity index (χ1n) is 7.01. The van der Waals surface area contributed by atoms with E-state index in [9.17, 15) is 9.59 Å². The summed E-state index contributed by atoms with van der Waals surface area (Å²) in [6.07, 6.45) is 0.516. The van der Waals surface area contributed by atoms with Crippen LogP contribution < -0.4 is 5.32 Å². The molecule has 116 valence electrons. The van der Waals surface area contributed by atoms with Gasteiger partial charge in [0.2, 0.25) is 0 Å². The summed E-state index contributed by atoms with van der Waals surface area (Å²) in [5.74, 6) is -0.939. The molecule has 2 N–H and O–H groups in total. The van der Waals surface area contributed by atoms with Crippen LogP contribution in [0.25, 0.3) is 0 Å². The van der Waals surface area contributed by atoms with Crippen LogP contribution >= 0.6 is 0 Å². The van der Waals surface area contributed by atoms with E-state index in [0.717, 1.165) is 5.56 Å². The fourth-order valence-corrected chi connectivity index (χ4v) is 1.81. The lowest BCUT2D eigenvalue weighted by molar-refractivity contribution is 0.0695. The zero-order valence-corrected chi connectivity index (χ0v) is 13.1. The molecule has 0 fully saturated rings. The van der Waals surface area contributed by atoms with Gasteiger partial charge >= 0.3 is 12.0 Å². The number of carbonyl (C=O) groups is 2. The average molecular weight is 292 g/mol. The summed E-state index contributed by atoms with van der Waals surface area (Å²) < 4.78 is 0. The third-order valence-corrected chi connectivity index (χ3v) is 3.08. The second-order valence-corrected chi connectivity index (χ2v) is 6.35. The summed E-state index contributed by atoms with van der Waals surface area (Å²) in [7, 11) is 1.71. The molecule has 0 heterocycles. The van der Waals surface area contributed by atoms with Crippen molar-refractivity contribution in [2.45, 2.75) is 27.2 Å². The van der Waals surface area contributed by atoms with Crippen LogP contribution in [0.4, 0.5) is 4.79 Å². The molecular formula is C16H24N2O3. The van der Waals surface area contributed by atoms with E-state index >= 15 is 0 Å². The number of carboxylic acids is 1. The maximum atomic E-state index is 11.9. The Morgan fingerprint density at radius 2 is 1.86 bits per heavy atom. The molecule has 5 heteroatoms. The van der Waals surface area contributed by atoms with Crippen molar-refractivity contribution in [3.63, 3.8) is 0 Å². The molecular weight excluding hydrogens is 268 g/mol. The number of likely N-dealkylation sites (N-methyl/N-ethyl adjacent to an activating group) is 1. The Bertz CT molecular complexity index is 506. The van der Waals surface area contributed by atoms with Crippen molar-refractivity contribution in [1.29, 1.82) is 0 Å².